The maximum atomic E-state index is 16.7. The molecule has 0 heterocycles. The van der Waals surface area contributed by atoms with Crippen LogP contribution in [0.2, 0.25) is 0 Å². The Morgan fingerprint density at radius 2 is 0.714 bits per heavy atom. The van der Waals surface area contributed by atoms with Crippen molar-refractivity contribution in [2.75, 3.05) is 9.80 Å². The van der Waals surface area contributed by atoms with Crippen LogP contribution in [0.3, 0.4) is 0 Å². The fraction of sp³-hybridized carbons (Fsp3) is 0.129. The fourth-order valence-corrected chi connectivity index (χ4v) is 9.51. The lowest BCUT2D eigenvalue weighted by molar-refractivity contribution is 0.585. The van der Waals surface area contributed by atoms with Crippen molar-refractivity contribution in [2.24, 2.45) is 0 Å². The highest BCUT2D eigenvalue weighted by Crippen LogP contribution is 2.49. The van der Waals surface area contributed by atoms with E-state index in [0.717, 1.165) is 55.6 Å². The second kappa shape index (κ2) is 17.3. The van der Waals surface area contributed by atoms with Gasteiger partial charge in [-0.2, -0.15) is 10.5 Å². The summed E-state index contributed by atoms with van der Waals surface area (Å²) in [5.41, 5.74) is 6.79. The van der Waals surface area contributed by atoms with Crippen LogP contribution < -0.4 is 9.80 Å². The summed E-state index contributed by atoms with van der Waals surface area (Å²) < 4.78 is 65.3. The van der Waals surface area contributed by atoms with E-state index in [9.17, 15) is 10.5 Å². The summed E-state index contributed by atoms with van der Waals surface area (Å²) in [5, 5.41) is 24.4. The van der Waals surface area contributed by atoms with Crippen molar-refractivity contribution in [1.29, 1.82) is 10.5 Å². The highest BCUT2D eigenvalue weighted by Gasteiger charge is 2.27. The molecule has 0 N–H and O–H groups in total. The van der Waals surface area contributed by atoms with Gasteiger partial charge in [0.25, 0.3) is 0 Å². The topological polar surface area (TPSA) is 54.1 Å². The first kappa shape index (κ1) is 45.3. The molecule has 0 amide bonds. The van der Waals surface area contributed by atoms with Crippen LogP contribution in [-0.4, -0.2) is 0 Å². The van der Waals surface area contributed by atoms with Gasteiger partial charge < -0.3 is 9.80 Å². The van der Waals surface area contributed by atoms with Crippen LogP contribution in [0, 0.1) is 45.9 Å². The summed E-state index contributed by atoms with van der Waals surface area (Å²) in [6.45, 7) is 12.6. The highest BCUT2D eigenvalue weighted by atomic mass is 19.1. The molecule has 0 atom stereocenters. The lowest BCUT2D eigenvalue weighted by atomic mass is 9.86. The number of halogens is 4. The van der Waals surface area contributed by atoms with Crippen molar-refractivity contribution in [3.63, 3.8) is 0 Å². The Morgan fingerprint density at radius 3 is 1.04 bits per heavy atom. The maximum Gasteiger partial charge on any atom is 0.150 e. The van der Waals surface area contributed by atoms with E-state index in [2.05, 4.69) is 53.7 Å². The van der Waals surface area contributed by atoms with E-state index in [0.29, 0.717) is 45.0 Å². The molecule has 0 radical (unpaired) electrons. The van der Waals surface area contributed by atoms with Crippen molar-refractivity contribution in [1.82, 2.24) is 0 Å². The molecule has 70 heavy (non-hydrogen) atoms. The van der Waals surface area contributed by atoms with Crippen LogP contribution >= 0.6 is 0 Å². The summed E-state index contributed by atoms with van der Waals surface area (Å²) in [6.07, 6.45) is 0. The zero-order valence-electron chi connectivity index (χ0n) is 39.5. The van der Waals surface area contributed by atoms with Crippen molar-refractivity contribution >= 4 is 66.4 Å². The molecule has 8 heteroatoms. The third-order valence-electron chi connectivity index (χ3n) is 13.3. The minimum absolute atomic E-state index is 0.0966. The zero-order chi connectivity index (χ0) is 49.2. The van der Waals surface area contributed by atoms with Gasteiger partial charge in [0.15, 0.2) is 0 Å². The molecule has 0 bridgehead atoms. The quantitative estimate of drug-likeness (QED) is 0.113. The molecular formula is C62H46F4N4. The van der Waals surface area contributed by atoms with Crippen molar-refractivity contribution in [3.8, 4) is 34.4 Å². The van der Waals surface area contributed by atoms with Crippen molar-refractivity contribution < 1.29 is 17.6 Å². The third kappa shape index (κ3) is 8.02. The third-order valence-corrected chi connectivity index (χ3v) is 13.3. The number of rotatable bonds is 8. The Morgan fingerprint density at radius 1 is 0.371 bits per heavy atom. The van der Waals surface area contributed by atoms with Gasteiger partial charge in [-0.25, -0.2) is 17.6 Å². The molecule has 0 aliphatic heterocycles. The van der Waals surface area contributed by atoms with Gasteiger partial charge in [-0.15, -0.1) is 0 Å². The Bertz CT molecular complexity index is 3470. The van der Waals surface area contributed by atoms with Crippen LogP contribution in [0.25, 0.3) is 54.6 Å². The van der Waals surface area contributed by atoms with E-state index in [-0.39, 0.29) is 33.3 Å². The van der Waals surface area contributed by atoms with Crippen LogP contribution in [0.4, 0.5) is 51.7 Å². The summed E-state index contributed by atoms with van der Waals surface area (Å²) in [4.78, 5) is 3.50. The first-order valence-corrected chi connectivity index (χ1v) is 23.0. The molecule has 0 aliphatic rings. The number of benzene rings is 10. The van der Waals surface area contributed by atoms with Gasteiger partial charge in [-0.1, -0.05) is 126 Å². The van der Waals surface area contributed by atoms with E-state index in [4.69, 9.17) is 0 Å². The molecule has 4 nitrogen and oxygen atoms in total. The Balaban J connectivity index is 1.20. The molecule has 0 unspecified atom stereocenters. The minimum atomic E-state index is -0.784. The summed E-state index contributed by atoms with van der Waals surface area (Å²) in [6, 6.07) is 53.8. The monoisotopic (exact) mass is 922 g/mol. The van der Waals surface area contributed by atoms with Crippen LogP contribution in [0.5, 0.6) is 0 Å². The molecule has 0 fully saturated rings. The summed E-state index contributed by atoms with van der Waals surface area (Å²) >= 11 is 0. The van der Waals surface area contributed by atoms with Crippen molar-refractivity contribution in [2.45, 2.75) is 52.4 Å². The Hall–Kier alpha value is -8.46. The lowest BCUT2D eigenvalue weighted by Crippen LogP contribution is -2.14. The largest absolute Gasteiger partial charge is 0.307 e. The first-order valence-electron chi connectivity index (χ1n) is 23.0. The lowest BCUT2D eigenvalue weighted by Gasteiger charge is -2.30. The zero-order valence-corrected chi connectivity index (χ0v) is 39.5. The molecule has 10 aromatic carbocycles. The van der Waals surface area contributed by atoms with Gasteiger partial charge in [-0.05, 0) is 127 Å². The van der Waals surface area contributed by atoms with E-state index < -0.39 is 23.3 Å². The molecule has 0 aromatic heterocycles. The van der Waals surface area contributed by atoms with Gasteiger partial charge in [0.2, 0.25) is 0 Å². The number of anilines is 6. The molecule has 0 aliphatic carbocycles. The predicted molar refractivity (Wildman–Crippen MR) is 277 cm³/mol. The molecule has 0 saturated carbocycles. The predicted octanol–water partition coefficient (Wildman–Crippen LogP) is 17.8. The van der Waals surface area contributed by atoms with Gasteiger partial charge in [-0.3, -0.25) is 0 Å². The number of nitrogens with zero attached hydrogens (tertiary/aromatic N) is 4. The van der Waals surface area contributed by atoms with Gasteiger partial charge in [0.05, 0.1) is 46.0 Å². The van der Waals surface area contributed by atoms with E-state index >= 15 is 17.6 Å². The Kier molecular flexibility index (Phi) is 11.2. The van der Waals surface area contributed by atoms with Gasteiger partial charge in [0, 0.05) is 45.4 Å². The van der Waals surface area contributed by atoms with Crippen LogP contribution in [-0.2, 0) is 10.8 Å². The molecule has 342 valence electrons. The highest BCUT2D eigenvalue weighted by molar-refractivity contribution is 6.28. The average Bonchev–Trinajstić information content (AvgIpc) is 3.35. The minimum Gasteiger partial charge on any atom is -0.307 e. The molecule has 0 spiro atoms. The molecule has 10 rings (SSSR count). The van der Waals surface area contributed by atoms with E-state index in [1.807, 2.05) is 97.1 Å². The normalized spacial score (nSPS) is 11.8. The summed E-state index contributed by atoms with van der Waals surface area (Å²) in [7, 11) is 0. The summed E-state index contributed by atoms with van der Waals surface area (Å²) in [5.74, 6) is -2.98. The first-order chi connectivity index (χ1) is 33.5. The maximum absolute atomic E-state index is 16.7. The van der Waals surface area contributed by atoms with E-state index in [1.54, 1.807) is 58.3 Å². The number of hydrogen-bond acceptors (Lipinski definition) is 4. The standard InChI is InChI=1S/C62H46F4N4/c1-61(2,3)43-19-11-39(12-20-43)49-31-57(53(65)33-51(49)63)69(45-23-7-37(35-67)8-24-45)55-29-17-41-16-28-48-56(30-18-42-15-27-47(55)59(41)60(42)48)70(46-25-9-38(36-68)10-26-46)58-32-50(52(64)34-54(58)66)40-13-21-44(22-14-40)62(4,5)6/h7-34H,1-6H3. The SMILES string of the molecule is CC(C)(C)c1ccc(-c2cc(N(c3ccc(C#N)cc3)c3ccc4ccc5c(N(c6ccc(C#N)cc6)c6cc(-c7ccc(C(C)(C)C)cc7)c(F)cc6F)ccc6ccc3c4c65)c(F)cc2F)cc1. The Labute approximate surface area is 404 Å². The fourth-order valence-electron chi connectivity index (χ4n) is 9.51. The smallest absolute Gasteiger partial charge is 0.150 e. The van der Waals surface area contributed by atoms with Gasteiger partial charge >= 0.3 is 0 Å². The second-order valence-electron chi connectivity index (χ2n) is 19.8. The van der Waals surface area contributed by atoms with Crippen LogP contribution in [0.1, 0.15) is 63.8 Å². The molecule has 0 saturated heterocycles. The average molecular weight is 923 g/mol. The molecule has 10 aromatic rings. The number of hydrogen-bond donors (Lipinski definition) is 0. The van der Waals surface area contributed by atoms with Crippen molar-refractivity contribution in [3.05, 3.63) is 215 Å². The molecular weight excluding hydrogens is 877 g/mol. The number of nitriles is 2. The second-order valence-corrected chi connectivity index (χ2v) is 19.8. The van der Waals surface area contributed by atoms with Gasteiger partial charge in [0.1, 0.15) is 23.3 Å². The van der Waals surface area contributed by atoms with Crippen LogP contribution in [0.15, 0.2) is 170 Å². The van der Waals surface area contributed by atoms with E-state index in [1.165, 1.54) is 12.1 Å².